The molecule has 1 unspecified atom stereocenters. The van der Waals surface area contributed by atoms with Gasteiger partial charge in [0.1, 0.15) is 6.04 Å². The third kappa shape index (κ3) is 4.85. The average molecular weight is 250 g/mol. The molecule has 1 rings (SSSR count). The highest BCUT2D eigenvalue weighted by Crippen LogP contribution is 2.11. The Hall–Kier alpha value is -1.39. The Labute approximate surface area is 109 Å². The summed E-state index contributed by atoms with van der Waals surface area (Å²) in [6.45, 7) is 2.40. The number of hydrogen-bond donors (Lipinski definition) is 2. The number of nitrogens with one attached hydrogen (secondary N) is 1. The first-order valence-corrected chi connectivity index (χ1v) is 6.31. The molecule has 0 aromatic heterocycles. The SMILES string of the molecule is CCCCc1ccc(NC(=O)C(N)COC)cc1. The second kappa shape index (κ2) is 7.84. The first kappa shape index (κ1) is 14.7. The van der Waals surface area contributed by atoms with Gasteiger partial charge in [0.25, 0.3) is 0 Å². The van der Waals surface area contributed by atoms with E-state index in [1.54, 1.807) is 0 Å². The molecule has 1 atom stereocenters. The van der Waals surface area contributed by atoms with Crippen molar-refractivity contribution >= 4 is 11.6 Å². The fourth-order valence-corrected chi connectivity index (χ4v) is 1.63. The lowest BCUT2D eigenvalue weighted by atomic mass is 10.1. The van der Waals surface area contributed by atoms with Crippen molar-refractivity contribution in [2.24, 2.45) is 5.73 Å². The van der Waals surface area contributed by atoms with Gasteiger partial charge in [0.2, 0.25) is 5.91 Å². The smallest absolute Gasteiger partial charge is 0.243 e. The van der Waals surface area contributed by atoms with Crippen molar-refractivity contribution in [3.05, 3.63) is 29.8 Å². The molecule has 4 nitrogen and oxygen atoms in total. The van der Waals surface area contributed by atoms with Crippen molar-refractivity contribution in [3.8, 4) is 0 Å². The number of hydrogen-bond acceptors (Lipinski definition) is 3. The molecule has 0 spiro atoms. The molecule has 1 aromatic carbocycles. The van der Waals surface area contributed by atoms with Gasteiger partial charge in [-0.15, -0.1) is 0 Å². The zero-order valence-electron chi connectivity index (χ0n) is 11.1. The average Bonchev–Trinajstić information content (AvgIpc) is 2.38. The van der Waals surface area contributed by atoms with E-state index in [0.717, 1.165) is 12.1 Å². The Bertz CT molecular complexity index is 363. The van der Waals surface area contributed by atoms with Crippen molar-refractivity contribution in [2.45, 2.75) is 32.2 Å². The molecular weight excluding hydrogens is 228 g/mol. The lowest BCUT2D eigenvalue weighted by molar-refractivity contribution is -0.118. The van der Waals surface area contributed by atoms with E-state index >= 15 is 0 Å². The Kier molecular flexibility index (Phi) is 6.39. The normalized spacial score (nSPS) is 12.2. The number of unbranched alkanes of at least 4 members (excludes halogenated alkanes) is 1. The number of amides is 1. The molecule has 1 aromatic rings. The molecule has 100 valence electrons. The topological polar surface area (TPSA) is 64.4 Å². The molecule has 0 aliphatic rings. The van der Waals surface area contributed by atoms with Crippen LogP contribution in [0.2, 0.25) is 0 Å². The summed E-state index contributed by atoms with van der Waals surface area (Å²) in [4.78, 5) is 11.6. The van der Waals surface area contributed by atoms with E-state index in [2.05, 4.69) is 12.2 Å². The van der Waals surface area contributed by atoms with E-state index in [0.29, 0.717) is 0 Å². The molecule has 18 heavy (non-hydrogen) atoms. The third-order valence-corrected chi connectivity index (χ3v) is 2.72. The number of carbonyl (C=O) groups excluding carboxylic acids is 1. The Balaban J connectivity index is 2.50. The van der Waals surface area contributed by atoms with Gasteiger partial charge < -0.3 is 15.8 Å². The van der Waals surface area contributed by atoms with Crippen LogP contribution >= 0.6 is 0 Å². The molecule has 3 N–H and O–H groups in total. The second-order valence-electron chi connectivity index (χ2n) is 4.35. The highest BCUT2D eigenvalue weighted by Gasteiger charge is 2.12. The minimum absolute atomic E-state index is 0.223. The second-order valence-corrected chi connectivity index (χ2v) is 4.35. The van der Waals surface area contributed by atoms with Gasteiger partial charge in [0.15, 0.2) is 0 Å². The van der Waals surface area contributed by atoms with Crippen LogP contribution in [0.3, 0.4) is 0 Å². The Morgan fingerprint density at radius 2 is 2.06 bits per heavy atom. The first-order valence-electron chi connectivity index (χ1n) is 6.31. The quantitative estimate of drug-likeness (QED) is 0.777. The van der Waals surface area contributed by atoms with Gasteiger partial charge in [0.05, 0.1) is 6.61 Å². The van der Waals surface area contributed by atoms with E-state index in [4.69, 9.17) is 10.5 Å². The fourth-order valence-electron chi connectivity index (χ4n) is 1.63. The van der Waals surface area contributed by atoms with Crippen LogP contribution in [-0.4, -0.2) is 25.7 Å². The number of nitrogens with two attached hydrogens (primary N) is 1. The van der Waals surface area contributed by atoms with Gasteiger partial charge in [-0.05, 0) is 30.5 Å². The summed E-state index contributed by atoms with van der Waals surface area (Å²) in [7, 11) is 1.52. The van der Waals surface area contributed by atoms with Crippen molar-refractivity contribution in [2.75, 3.05) is 19.0 Å². The predicted molar refractivity (Wildman–Crippen MR) is 73.5 cm³/mol. The molecular formula is C14H22N2O2. The molecule has 0 aliphatic carbocycles. The zero-order chi connectivity index (χ0) is 13.4. The summed E-state index contributed by atoms with van der Waals surface area (Å²) in [5.74, 6) is -0.224. The van der Waals surface area contributed by atoms with E-state index in [9.17, 15) is 4.79 Å². The van der Waals surface area contributed by atoms with E-state index in [-0.39, 0.29) is 12.5 Å². The lowest BCUT2D eigenvalue weighted by Crippen LogP contribution is -2.39. The first-order chi connectivity index (χ1) is 8.67. The fraction of sp³-hybridized carbons (Fsp3) is 0.500. The summed E-state index contributed by atoms with van der Waals surface area (Å²) in [5, 5.41) is 2.77. The number of benzene rings is 1. The van der Waals surface area contributed by atoms with Gasteiger partial charge in [-0.3, -0.25) is 4.79 Å². The van der Waals surface area contributed by atoms with Crippen molar-refractivity contribution in [3.63, 3.8) is 0 Å². The van der Waals surface area contributed by atoms with Crippen LogP contribution in [0.5, 0.6) is 0 Å². The summed E-state index contributed by atoms with van der Waals surface area (Å²) in [6.07, 6.45) is 3.45. The zero-order valence-corrected chi connectivity index (χ0v) is 11.1. The van der Waals surface area contributed by atoms with Gasteiger partial charge in [0, 0.05) is 12.8 Å². The highest BCUT2D eigenvalue weighted by atomic mass is 16.5. The maximum absolute atomic E-state index is 11.6. The molecule has 0 saturated heterocycles. The summed E-state index contributed by atoms with van der Waals surface area (Å²) in [5.41, 5.74) is 7.69. The lowest BCUT2D eigenvalue weighted by Gasteiger charge is -2.11. The Morgan fingerprint density at radius 3 is 2.61 bits per heavy atom. The van der Waals surface area contributed by atoms with Gasteiger partial charge in [-0.25, -0.2) is 0 Å². The molecule has 0 bridgehead atoms. The van der Waals surface area contributed by atoms with Gasteiger partial charge in [-0.2, -0.15) is 0 Å². The van der Waals surface area contributed by atoms with Crippen LogP contribution in [-0.2, 0) is 16.0 Å². The van der Waals surface area contributed by atoms with Crippen molar-refractivity contribution in [1.82, 2.24) is 0 Å². The molecule has 0 heterocycles. The number of carbonyl (C=O) groups is 1. The molecule has 0 fully saturated rings. The van der Waals surface area contributed by atoms with Crippen LogP contribution in [0.1, 0.15) is 25.3 Å². The van der Waals surface area contributed by atoms with Gasteiger partial charge in [-0.1, -0.05) is 25.5 Å². The van der Waals surface area contributed by atoms with Gasteiger partial charge >= 0.3 is 0 Å². The van der Waals surface area contributed by atoms with Crippen LogP contribution in [0.25, 0.3) is 0 Å². The maximum Gasteiger partial charge on any atom is 0.243 e. The summed E-state index contributed by atoms with van der Waals surface area (Å²) < 4.78 is 4.84. The summed E-state index contributed by atoms with van der Waals surface area (Å²) >= 11 is 0. The highest BCUT2D eigenvalue weighted by molar-refractivity contribution is 5.94. The number of rotatable bonds is 7. The number of ether oxygens (including phenoxy) is 1. The minimum Gasteiger partial charge on any atom is -0.383 e. The number of methoxy groups -OCH3 is 1. The number of aryl methyl sites for hydroxylation is 1. The molecule has 0 aliphatic heterocycles. The van der Waals surface area contributed by atoms with E-state index < -0.39 is 6.04 Å². The third-order valence-electron chi connectivity index (χ3n) is 2.72. The largest absolute Gasteiger partial charge is 0.383 e. The molecule has 4 heteroatoms. The summed E-state index contributed by atoms with van der Waals surface area (Å²) in [6, 6.07) is 7.25. The minimum atomic E-state index is -0.630. The van der Waals surface area contributed by atoms with E-state index in [1.807, 2.05) is 24.3 Å². The standard InChI is InChI=1S/C14H22N2O2/c1-3-4-5-11-6-8-12(9-7-11)16-14(17)13(15)10-18-2/h6-9,13H,3-5,10,15H2,1-2H3,(H,16,17). The monoisotopic (exact) mass is 250 g/mol. The number of anilines is 1. The van der Waals surface area contributed by atoms with Crippen molar-refractivity contribution in [1.29, 1.82) is 0 Å². The van der Waals surface area contributed by atoms with Crippen LogP contribution in [0.4, 0.5) is 5.69 Å². The van der Waals surface area contributed by atoms with Crippen LogP contribution in [0.15, 0.2) is 24.3 Å². The maximum atomic E-state index is 11.6. The molecule has 1 amide bonds. The molecule has 0 radical (unpaired) electrons. The molecule has 0 saturated carbocycles. The van der Waals surface area contributed by atoms with Crippen molar-refractivity contribution < 1.29 is 9.53 Å². The predicted octanol–water partition coefficient (Wildman–Crippen LogP) is 1.94. The van der Waals surface area contributed by atoms with Crippen LogP contribution in [0, 0.1) is 0 Å². The van der Waals surface area contributed by atoms with E-state index in [1.165, 1.54) is 25.5 Å². The van der Waals surface area contributed by atoms with Crippen LogP contribution < -0.4 is 11.1 Å². The Morgan fingerprint density at radius 1 is 1.39 bits per heavy atom.